The molecule has 1 atom stereocenters. The third-order valence-corrected chi connectivity index (χ3v) is 5.18. The predicted molar refractivity (Wildman–Crippen MR) is 88.1 cm³/mol. The first kappa shape index (κ1) is 16.8. The maximum atomic E-state index is 8.64. The summed E-state index contributed by atoms with van der Waals surface area (Å²) >= 11 is 0. The van der Waals surface area contributed by atoms with E-state index in [0.29, 0.717) is 6.54 Å². The number of hydrogen-bond acceptors (Lipinski definition) is 3. The highest BCUT2D eigenvalue weighted by Crippen LogP contribution is 2.44. The van der Waals surface area contributed by atoms with Gasteiger partial charge in [0, 0.05) is 17.0 Å². The number of azide groups is 1. The van der Waals surface area contributed by atoms with Crippen LogP contribution in [0.4, 0.5) is 0 Å². The minimum absolute atomic E-state index is 0.0748. The van der Waals surface area contributed by atoms with E-state index in [-0.39, 0.29) is 17.1 Å². The van der Waals surface area contributed by atoms with Gasteiger partial charge in [0.1, 0.15) is 6.10 Å². The highest BCUT2D eigenvalue weighted by Gasteiger charge is 2.45. The van der Waals surface area contributed by atoms with Crippen molar-refractivity contribution >= 4 is 0 Å². The van der Waals surface area contributed by atoms with Crippen LogP contribution in [0.5, 0.6) is 0 Å². The summed E-state index contributed by atoms with van der Waals surface area (Å²) in [6.45, 7) is 10.2. The molecule has 1 aliphatic heterocycles. The van der Waals surface area contributed by atoms with Crippen molar-refractivity contribution in [3.63, 3.8) is 0 Å². The van der Waals surface area contributed by atoms with Crippen molar-refractivity contribution in [1.29, 1.82) is 0 Å². The molecule has 1 aromatic carbocycles. The number of piperidine rings is 1. The maximum absolute atomic E-state index is 8.64. The van der Waals surface area contributed by atoms with E-state index in [1.165, 1.54) is 6.42 Å². The Kier molecular flexibility index (Phi) is 5.12. The molecular formula is C17H26N4O. The predicted octanol–water partition coefficient (Wildman–Crippen LogP) is 4.87. The van der Waals surface area contributed by atoms with E-state index in [9.17, 15) is 0 Å². The second-order valence-electron chi connectivity index (χ2n) is 7.07. The minimum Gasteiger partial charge on any atom is -0.290 e. The lowest BCUT2D eigenvalue weighted by molar-refractivity contribution is -0.283. The summed E-state index contributed by atoms with van der Waals surface area (Å²) in [5.41, 5.74) is 9.78. The average Bonchev–Trinajstić information content (AvgIpc) is 2.49. The van der Waals surface area contributed by atoms with Gasteiger partial charge < -0.3 is 0 Å². The van der Waals surface area contributed by atoms with E-state index >= 15 is 0 Å². The smallest absolute Gasteiger partial charge is 0.110 e. The molecule has 0 bridgehead atoms. The Morgan fingerprint density at radius 1 is 1.27 bits per heavy atom. The second kappa shape index (κ2) is 6.69. The molecule has 0 spiro atoms. The number of hydrogen-bond donors (Lipinski definition) is 0. The summed E-state index contributed by atoms with van der Waals surface area (Å²) in [6.07, 6.45) is 2.05. The van der Waals surface area contributed by atoms with Crippen LogP contribution in [0.1, 0.15) is 52.2 Å². The summed E-state index contributed by atoms with van der Waals surface area (Å²) < 4.78 is 0. The first-order chi connectivity index (χ1) is 10.4. The molecule has 1 aromatic rings. The van der Waals surface area contributed by atoms with Crippen molar-refractivity contribution < 1.29 is 4.84 Å². The minimum atomic E-state index is -0.245. The zero-order valence-electron chi connectivity index (χ0n) is 14.0. The molecule has 5 nitrogen and oxygen atoms in total. The van der Waals surface area contributed by atoms with Crippen LogP contribution in [0.3, 0.4) is 0 Å². The normalized spacial score (nSPS) is 21.8. The van der Waals surface area contributed by atoms with Crippen molar-refractivity contribution in [1.82, 2.24) is 5.06 Å². The zero-order valence-corrected chi connectivity index (χ0v) is 14.0. The molecule has 0 N–H and O–H groups in total. The summed E-state index contributed by atoms with van der Waals surface area (Å²) in [5, 5.41) is 5.81. The summed E-state index contributed by atoms with van der Waals surface area (Å²) in [4.78, 5) is 9.18. The summed E-state index contributed by atoms with van der Waals surface area (Å²) in [7, 11) is 0. The second-order valence-corrected chi connectivity index (χ2v) is 7.07. The molecule has 0 amide bonds. The van der Waals surface area contributed by atoms with E-state index in [1.54, 1.807) is 0 Å². The van der Waals surface area contributed by atoms with E-state index in [2.05, 4.69) is 42.8 Å². The SMILES string of the molecule is CC1(C)CCCN(OC(CN=[N+]=[N-])c2ccccc2)C1(C)C. The van der Waals surface area contributed by atoms with Crippen LogP contribution in [0.25, 0.3) is 10.4 Å². The molecule has 1 unspecified atom stereocenters. The van der Waals surface area contributed by atoms with Crippen LogP contribution < -0.4 is 0 Å². The van der Waals surface area contributed by atoms with Crippen LogP contribution in [0.2, 0.25) is 0 Å². The third-order valence-electron chi connectivity index (χ3n) is 5.18. The molecular weight excluding hydrogens is 276 g/mol. The number of rotatable bonds is 5. The fourth-order valence-corrected chi connectivity index (χ4v) is 2.90. The molecule has 0 saturated carbocycles. The van der Waals surface area contributed by atoms with Gasteiger partial charge in [0.15, 0.2) is 0 Å². The van der Waals surface area contributed by atoms with E-state index < -0.39 is 0 Å². The van der Waals surface area contributed by atoms with Gasteiger partial charge in [-0.1, -0.05) is 49.3 Å². The van der Waals surface area contributed by atoms with Crippen LogP contribution in [-0.4, -0.2) is 23.7 Å². The molecule has 1 heterocycles. The van der Waals surface area contributed by atoms with Gasteiger partial charge in [0.05, 0.1) is 6.54 Å². The van der Waals surface area contributed by atoms with Gasteiger partial charge in [-0.25, -0.2) is 0 Å². The van der Waals surface area contributed by atoms with Gasteiger partial charge in [-0.05, 0) is 43.2 Å². The van der Waals surface area contributed by atoms with Gasteiger partial charge in [-0.2, -0.15) is 5.06 Å². The fraction of sp³-hybridized carbons (Fsp3) is 0.647. The van der Waals surface area contributed by atoms with Crippen molar-refractivity contribution in [3.8, 4) is 0 Å². The van der Waals surface area contributed by atoms with Crippen LogP contribution in [0, 0.1) is 5.41 Å². The Morgan fingerprint density at radius 2 is 1.95 bits per heavy atom. The highest BCUT2D eigenvalue weighted by atomic mass is 16.7. The molecule has 22 heavy (non-hydrogen) atoms. The van der Waals surface area contributed by atoms with Crippen LogP contribution >= 0.6 is 0 Å². The number of hydroxylamine groups is 2. The van der Waals surface area contributed by atoms with Gasteiger partial charge in [0.25, 0.3) is 0 Å². The standard InChI is InChI=1S/C17H26N4O/c1-16(2)11-8-12-21(17(16,3)4)22-15(13-19-20-18)14-9-6-5-7-10-14/h5-7,9-10,15H,8,11-13H2,1-4H3. The van der Waals surface area contributed by atoms with E-state index in [4.69, 9.17) is 10.4 Å². The largest absolute Gasteiger partial charge is 0.290 e. The number of nitrogens with zero attached hydrogens (tertiary/aromatic N) is 4. The Hall–Kier alpha value is -1.55. The summed E-state index contributed by atoms with van der Waals surface area (Å²) in [6, 6.07) is 9.96. The maximum Gasteiger partial charge on any atom is 0.110 e. The van der Waals surface area contributed by atoms with Gasteiger partial charge in [-0.3, -0.25) is 4.84 Å². The molecule has 1 saturated heterocycles. The lowest BCUT2D eigenvalue weighted by Crippen LogP contribution is -2.57. The molecule has 1 aliphatic rings. The van der Waals surface area contributed by atoms with Gasteiger partial charge >= 0.3 is 0 Å². The van der Waals surface area contributed by atoms with E-state index in [1.807, 2.05) is 30.3 Å². The van der Waals surface area contributed by atoms with Crippen molar-refractivity contribution in [2.75, 3.05) is 13.1 Å². The average molecular weight is 302 g/mol. The monoisotopic (exact) mass is 302 g/mol. The fourth-order valence-electron chi connectivity index (χ4n) is 2.90. The Morgan fingerprint density at radius 3 is 2.59 bits per heavy atom. The zero-order chi connectivity index (χ0) is 16.2. The van der Waals surface area contributed by atoms with Crippen molar-refractivity contribution in [2.45, 2.75) is 52.2 Å². The number of benzene rings is 1. The van der Waals surface area contributed by atoms with Gasteiger partial charge in [-0.15, -0.1) is 0 Å². The molecule has 0 aliphatic carbocycles. The first-order valence-electron chi connectivity index (χ1n) is 7.89. The third kappa shape index (κ3) is 3.43. The molecule has 2 rings (SSSR count). The molecule has 1 fully saturated rings. The van der Waals surface area contributed by atoms with Gasteiger partial charge in [0.2, 0.25) is 0 Å². The first-order valence-corrected chi connectivity index (χ1v) is 7.89. The lowest BCUT2D eigenvalue weighted by Gasteiger charge is -2.53. The van der Waals surface area contributed by atoms with Crippen molar-refractivity contribution in [3.05, 3.63) is 46.3 Å². The lowest BCUT2D eigenvalue weighted by atomic mass is 9.69. The van der Waals surface area contributed by atoms with Crippen LogP contribution in [-0.2, 0) is 4.84 Å². The molecule has 5 heteroatoms. The Labute approximate surface area is 132 Å². The highest BCUT2D eigenvalue weighted by molar-refractivity contribution is 5.18. The molecule has 120 valence electrons. The summed E-state index contributed by atoms with van der Waals surface area (Å²) in [5.74, 6) is 0. The Bertz CT molecular complexity index is 535. The Balaban J connectivity index is 2.21. The topological polar surface area (TPSA) is 61.2 Å². The quantitative estimate of drug-likeness (QED) is 0.442. The molecule has 0 aromatic heterocycles. The molecule has 0 radical (unpaired) electrons. The van der Waals surface area contributed by atoms with Crippen molar-refractivity contribution in [2.24, 2.45) is 10.5 Å². The van der Waals surface area contributed by atoms with E-state index in [0.717, 1.165) is 18.5 Å². The van der Waals surface area contributed by atoms with Crippen LogP contribution in [0.15, 0.2) is 35.4 Å².